The lowest BCUT2D eigenvalue weighted by Gasteiger charge is -2.24. The van der Waals surface area contributed by atoms with Crippen molar-refractivity contribution < 1.29 is 71.3 Å². The Morgan fingerprint density at radius 2 is 0.882 bits per heavy atom. The number of rotatable bonds is 13. The monoisotopic (exact) mass is 1070 g/mol. The Morgan fingerprint density at radius 3 is 1.36 bits per heavy atom. The van der Waals surface area contributed by atoms with Crippen LogP contribution in [-0.2, 0) is 30.4 Å². The fraction of sp³-hybridized carbons (Fsp3) is 0.111. The lowest BCUT2D eigenvalue weighted by atomic mass is 9.82. The second-order valence-corrected chi connectivity index (χ2v) is 22.1. The van der Waals surface area contributed by atoms with E-state index in [4.69, 9.17) is 17.3 Å². The minimum atomic E-state index is -4.78. The molecule has 0 saturated heterocycles. The molecule has 3 aliphatic rings. The van der Waals surface area contributed by atoms with Crippen LogP contribution in [0.2, 0.25) is 0 Å². The first-order valence-electron chi connectivity index (χ1n) is 22.6. The predicted octanol–water partition coefficient (Wildman–Crippen LogP) is 7.99. The van der Waals surface area contributed by atoms with Gasteiger partial charge >= 0.3 is 47.5 Å². The van der Waals surface area contributed by atoms with Gasteiger partial charge in [-0.05, 0) is 90.9 Å². The first kappa shape index (κ1) is 51.6. The maximum Gasteiger partial charge on any atom is 0.364 e. The van der Waals surface area contributed by atoms with Gasteiger partial charge in [-0.1, -0.05) is 91.0 Å². The number of Topliss-reactive ketones (excluding diaryl/α,β-unsaturated/α-hetero) is 3. The first-order valence-corrected chi connectivity index (χ1v) is 26.8. The molecule has 1 atom stereocenters. The quantitative estimate of drug-likeness (QED) is 0.0459. The Kier molecular flexibility index (Phi) is 13.3. The zero-order valence-electron chi connectivity index (χ0n) is 40.5. The molecule has 1 unspecified atom stereocenters. The van der Waals surface area contributed by atoms with Gasteiger partial charge in [-0.2, -0.15) is 39.6 Å². The lowest BCUT2D eigenvalue weighted by Crippen LogP contribution is -2.24. The first-order chi connectivity index (χ1) is 36.1. The number of hydrogen-bond donors (Lipinski definition) is 0. The zero-order valence-corrected chi connectivity index (χ0v) is 42.9. The molecule has 6 aromatic carbocycles. The van der Waals surface area contributed by atoms with Gasteiger partial charge in [0.05, 0.1) is 19.3 Å². The van der Waals surface area contributed by atoms with E-state index in [1.807, 2.05) is 0 Å². The predicted molar refractivity (Wildman–Crippen MR) is 276 cm³/mol. The Hall–Kier alpha value is -9.26. The highest BCUT2D eigenvalue weighted by Crippen LogP contribution is 2.44. The lowest BCUT2D eigenvalue weighted by molar-refractivity contribution is -0.00460. The number of benzene rings is 6. The Labute approximate surface area is 434 Å². The Bertz CT molecular complexity index is 4210. The average Bonchev–Trinajstić information content (AvgIpc) is 3.41. The van der Waals surface area contributed by atoms with E-state index in [1.54, 1.807) is 58.0 Å². The summed E-state index contributed by atoms with van der Waals surface area (Å²) in [5.74, 6) is -3.41. The number of ketones is 3. The number of aryl methyl sites for hydroxylation is 4. The molecule has 3 aliphatic carbocycles. The van der Waals surface area contributed by atoms with Crippen LogP contribution in [0.5, 0.6) is 23.0 Å². The molecule has 19 nitrogen and oxygen atoms in total. The highest BCUT2D eigenvalue weighted by molar-refractivity contribution is 7.97. The minimum absolute atomic E-state index is 0.00769. The van der Waals surface area contributed by atoms with Gasteiger partial charge in [-0.25, -0.2) is 0 Å². The van der Waals surface area contributed by atoms with Crippen LogP contribution >= 0.6 is 0 Å². The van der Waals surface area contributed by atoms with Gasteiger partial charge in [0, 0.05) is 45.4 Å². The van der Waals surface area contributed by atoms with Crippen LogP contribution in [0.15, 0.2) is 132 Å². The number of allylic oxidation sites excluding steroid dienone is 3. The van der Waals surface area contributed by atoms with Gasteiger partial charge in [0.25, 0.3) is 17.3 Å². The molecule has 0 radical (unpaired) electrons. The maximum absolute atomic E-state index is 14.1. The van der Waals surface area contributed by atoms with Crippen LogP contribution in [0, 0.1) is 27.7 Å². The smallest absolute Gasteiger partial charge is 0.364 e. The minimum Gasteiger partial charge on any atom is -0.493 e. The summed E-state index contributed by atoms with van der Waals surface area (Å²) >= 11 is 0. The molecule has 0 amide bonds. The number of hydrogen-bond acceptors (Lipinski definition) is 13. The summed E-state index contributed by atoms with van der Waals surface area (Å²) in [4.78, 5) is 46.6. The van der Waals surface area contributed by atoms with E-state index in [1.165, 1.54) is 98.1 Å². The summed E-state index contributed by atoms with van der Waals surface area (Å²) in [6.07, 6.45) is 4.33. The van der Waals surface area contributed by atoms with Crippen molar-refractivity contribution in [1.29, 1.82) is 0 Å². The largest absolute Gasteiger partial charge is 0.493 e. The molecule has 0 aliphatic heterocycles. The standard InChI is InChI=1S/C54H38N6O13S3/c1-28-21-33(22-29(2)53(28)72-74(64,65)46-16-10-15-40-37(46)18-19-41(58-55)50(40)61)49(32-17-20-44(45(25-32)70-5)71-75(66,67)47-26-42(59-56)51(62)38-13-8-6-11-35(38)47)34-23-30(3)54(31(4)24-34)73-76(68,69)48-27-43(60-57)52(63)39-14-9-7-12-36(39)48/h6-27,49H,1-5H3. The van der Waals surface area contributed by atoms with E-state index >= 15 is 0 Å². The normalized spacial score (nSPS) is 14.5. The SMILES string of the molecule is COc1cc(C(c2cc(C)c(OS(=O)(=O)C3=CC(=[N+]=[N-])C(=O)c4ccccc43)c(C)c2)c2cc(C)c(OS(=O)(=O)c3cccc4c3C=CC(=[N+]=[N-])C4=O)c(C)c2)ccc1OS(=O)(=O)C1=CC(=[N+]=[N-])C(=O)c2ccccc21. The number of nitrogens with zero attached hydrogens (tertiary/aromatic N) is 6. The summed E-state index contributed by atoms with van der Waals surface area (Å²) in [5, 5.41) is 0. The van der Waals surface area contributed by atoms with Crippen molar-refractivity contribution in [2.45, 2.75) is 38.5 Å². The molecule has 0 saturated carbocycles. The van der Waals surface area contributed by atoms with Gasteiger partial charge in [0.1, 0.15) is 26.2 Å². The average molecular weight is 1080 g/mol. The molecule has 6 aromatic rings. The molecular weight excluding hydrogens is 1040 g/mol. The molecular formula is C54H38N6O13S3. The number of carbonyl (C=O) groups excluding carboxylic acids is 3. The number of carbonyl (C=O) groups is 3. The highest BCUT2D eigenvalue weighted by Gasteiger charge is 2.39. The molecule has 22 heteroatoms. The van der Waals surface area contributed by atoms with Crippen LogP contribution in [0.1, 0.15) is 92.6 Å². The molecule has 0 bridgehead atoms. The van der Waals surface area contributed by atoms with Crippen LogP contribution in [-0.4, -0.2) is 81.2 Å². The Balaban J connectivity index is 1.14. The molecule has 0 heterocycles. The second kappa shape index (κ2) is 19.5. The van der Waals surface area contributed by atoms with Crippen LogP contribution in [0.25, 0.3) is 32.5 Å². The van der Waals surface area contributed by atoms with Crippen molar-refractivity contribution >= 4 is 80.7 Å². The molecule has 380 valence electrons. The van der Waals surface area contributed by atoms with E-state index in [9.17, 15) is 56.2 Å². The third-order valence-corrected chi connectivity index (χ3v) is 16.5. The molecule has 0 spiro atoms. The van der Waals surface area contributed by atoms with Gasteiger partial charge in [-0.15, -0.1) is 0 Å². The summed E-state index contributed by atoms with van der Waals surface area (Å²) in [7, 11) is -12.9. The van der Waals surface area contributed by atoms with E-state index < -0.39 is 74.9 Å². The number of methoxy groups -OCH3 is 1. The van der Waals surface area contributed by atoms with Crippen molar-refractivity contribution in [3.63, 3.8) is 0 Å². The van der Waals surface area contributed by atoms with E-state index in [0.717, 1.165) is 12.2 Å². The van der Waals surface area contributed by atoms with Gasteiger partial charge in [0.2, 0.25) is 0 Å². The van der Waals surface area contributed by atoms with Crippen molar-refractivity contribution in [3.8, 4) is 23.0 Å². The topological polar surface area (TPSA) is 300 Å². The van der Waals surface area contributed by atoms with E-state index in [-0.39, 0.29) is 67.0 Å². The molecule has 0 fully saturated rings. The van der Waals surface area contributed by atoms with Crippen LogP contribution < -0.4 is 17.3 Å². The fourth-order valence-electron chi connectivity index (χ4n) is 9.30. The van der Waals surface area contributed by atoms with Crippen molar-refractivity contribution in [2.75, 3.05) is 7.11 Å². The molecule has 9 rings (SSSR count). The molecule has 0 N–H and O–H groups in total. The second-order valence-electron chi connectivity index (χ2n) is 17.5. The summed E-state index contributed by atoms with van der Waals surface area (Å²) in [6.45, 7) is 6.44. The zero-order chi connectivity index (χ0) is 54.6. The number of fused-ring (bicyclic) bond motifs is 3. The van der Waals surface area contributed by atoms with Gasteiger partial charge in [0.15, 0.2) is 11.5 Å². The summed E-state index contributed by atoms with van der Waals surface area (Å²) < 4.78 is 108. The summed E-state index contributed by atoms with van der Waals surface area (Å²) in [5.41, 5.74) is 29.9. The van der Waals surface area contributed by atoms with Crippen molar-refractivity contribution in [3.05, 3.63) is 216 Å². The Morgan fingerprint density at radius 1 is 0.447 bits per heavy atom. The third kappa shape index (κ3) is 9.13. The maximum atomic E-state index is 14.1. The van der Waals surface area contributed by atoms with Gasteiger partial charge in [-0.3, -0.25) is 14.4 Å². The van der Waals surface area contributed by atoms with E-state index in [0.29, 0.717) is 38.9 Å². The van der Waals surface area contributed by atoms with E-state index in [2.05, 4.69) is 14.4 Å². The fourth-order valence-corrected chi connectivity index (χ4v) is 13.0. The van der Waals surface area contributed by atoms with Crippen molar-refractivity contribution in [1.82, 2.24) is 0 Å². The molecule has 76 heavy (non-hydrogen) atoms. The molecule has 0 aromatic heterocycles. The van der Waals surface area contributed by atoms with Crippen LogP contribution in [0.3, 0.4) is 0 Å². The van der Waals surface area contributed by atoms with Crippen LogP contribution in [0.4, 0.5) is 0 Å². The summed E-state index contributed by atoms with van der Waals surface area (Å²) in [6, 6.07) is 26.8. The number of ether oxygens (including phenoxy) is 1. The highest BCUT2D eigenvalue weighted by atomic mass is 32.2. The van der Waals surface area contributed by atoms with Crippen molar-refractivity contribution in [2.24, 2.45) is 0 Å². The van der Waals surface area contributed by atoms with Gasteiger partial charge < -0.3 is 33.9 Å². The third-order valence-electron chi connectivity index (χ3n) is 12.7.